The van der Waals surface area contributed by atoms with Crippen molar-refractivity contribution in [2.45, 2.75) is 19.9 Å². The standard InChI is InChI=1S/C12H22ClN3S/c1-3-16(4-2)8-7-15-10(9-14)11-5-6-12(13)17-11/h5-6,10,15H,3-4,7-9,14H2,1-2H3. The monoisotopic (exact) mass is 275 g/mol. The van der Waals surface area contributed by atoms with Crippen LogP contribution >= 0.6 is 22.9 Å². The molecule has 1 unspecified atom stereocenters. The Morgan fingerprint density at radius 2 is 2.12 bits per heavy atom. The van der Waals surface area contributed by atoms with Gasteiger partial charge in [0, 0.05) is 24.5 Å². The summed E-state index contributed by atoms with van der Waals surface area (Å²) >= 11 is 7.53. The topological polar surface area (TPSA) is 41.3 Å². The fourth-order valence-electron chi connectivity index (χ4n) is 1.75. The van der Waals surface area contributed by atoms with Crippen LogP contribution in [0.3, 0.4) is 0 Å². The van der Waals surface area contributed by atoms with E-state index in [2.05, 4.69) is 30.1 Å². The van der Waals surface area contributed by atoms with E-state index in [1.54, 1.807) is 11.3 Å². The van der Waals surface area contributed by atoms with Gasteiger partial charge in [-0.1, -0.05) is 25.4 Å². The Labute approximate surface area is 113 Å². The number of halogens is 1. The van der Waals surface area contributed by atoms with Crippen LogP contribution in [-0.4, -0.2) is 37.6 Å². The van der Waals surface area contributed by atoms with Gasteiger partial charge in [-0.05, 0) is 25.2 Å². The molecule has 0 saturated carbocycles. The molecule has 0 saturated heterocycles. The summed E-state index contributed by atoms with van der Waals surface area (Å²) in [6, 6.07) is 4.20. The van der Waals surface area contributed by atoms with Crippen molar-refractivity contribution in [3.63, 3.8) is 0 Å². The molecule has 0 aromatic carbocycles. The van der Waals surface area contributed by atoms with Gasteiger partial charge in [0.2, 0.25) is 0 Å². The highest BCUT2D eigenvalue weighted by atomic mass is 35.5. The van der Waals surface area contributed by atoms with Crippen molar-refractivity contribution in [3.05, 3.63) is 21.3 Å². The first kappa shape index (κ1) is 14.9. The molecule has 0 fully saturated rings. The molecule has 0 amide bonds. The zero-order valence-electron chi connectivity index (χ0n) is 10.6. The quantitative estimate of drug-likeness (QED) is 0.765. The van der Waals surface area contributed by atoms with Gasteiger partial charge in [-0.25, -0.2) is 0 Å². The molecule has 0 spiro atoms. The fourth-order valence-corrected chi connectivity index (χ4v) is 2.90. The molecule has 1 heterocycles. The number of nitrogens with two attached hydrogens (primary N) is 1. The molecule has 1 aromatic rings. The lowest BCUT2D eigenvalue weighted by molar-refractivity contribution is 0.297. The molecule has 0 radical (unpaired) electrons. The van der Waals surface area contributed by atoms with Gasteiger partial charge >= 0.3 is 0 Å². The summed E-state index contributed by atoms with van der Waals surface area (Å²) in [4.78, 5) is 3.61. The van der Waals surface area contributed by atoms with E-state index in [1.807, 2.05) is 6.07 Å². The van der Waals surface area contributed by atoms with Gasteiger partial charge < -0.3 is 16.0 Å². The van der Waals surface area contributed by atoms with Crippen molar-refractivity contribution < 1.29 is 0 Å². The fraction of sp³-hybridized carbons (Fsp3) is 0.667. The minimum absolute atomic E-state index is 0.225. The van der Waals surface area contributed by atoms with Gasteiger partial charge in [-0.3, -0.25) is 0 Å². The van der Waals surface area contributed by atoms with Gasteiger partial charge in [0.1, 0.15) is 0 Å². The third-order valence-electron chi connectivity index (χ3n) is 2.89. The van der Waals surface area contributed by atoms with Crippen LogP contribution in [0.25, 0.3) is 0 Å². The minimum Gasteiger partial charge on any atom is -0.329 e. The molecule has 1 atom stereocenters. The van der Waals surface area contributed by atoms with E-state index in [9.17, 15) is 0 Å². The molecule has 1 rings (SSSR count). The summed E-state index contributed by atoms with van der Waals surface area (Å²) < 4.78 is 0.823. The first-order chi connectivity index (χ1) is 8.21. The van der Waals surface area contributed by atoms with E-state index in [-0.39, 0.29) is 6.04 Å². The van der Waals surface area contributed by atoms with E-state index < -0.39 is 0 Å². The number of hydrogen-bond donors (Lipinski definition) is 2. The molecular formula is C12H22ClN3S. The van der Waals surface area contributed by atoms with Crippen molar-refractivity contribution in [1.82, 2.24) is 10.2 Å². The Morgan fingerprint density at radius 3 is 2.59 bits per heavy atom. The number of thiophene rings is 1. The van der Waals surface area contributed by atoms with Gasteiger partial charge in [0.05, 0.1) is 10.4 Å². The molecule has 0 bridgehead atoms. The number of likely N-dealkylation sites (N-methyl/N-ethyl adjacent to an activating group) is 1. The van der Waals surface area contributed by atoms with E-state index in [0.29, 0.717) is 6.54 Å². The zero-order valence-corrected chi connectivity index (χ0v) is 12.2. The van der Waals surface area contributed by atoms with Gasteiger partial charge in [0.15, 0.2) is 0 Å². The van der Waals surface area contributed by atoms with Crippen molar-refractivity contribution in [1.29, 1.82) is 0 Å². The Balaban J connectivity index is 2.38. The van der Waals surface area contributed by atoms with Crippen LogP contribution in [0.15, 0.2) is 12.1 Å². The van der Waals surface area contributed by atoms with Gasteiger partial charge in [-0.15, -0.1) is 11.3 Å². The molecule has 5 heteroatoms. The van der Waals surface area contributed by atoms with Crippen LogP contribution in [-0.2, 0) is 0 Å². The van der Waals surface area contributed by atoms with Gasteiger partial charge in [-0.2, -0.15) is 0 Å². The molecular weight excluding hydrogens is 254 g/mol. The number of hydrogen-bond acceptors (Lipinski definition) is 4. The van der Waals surface area contributed by atoms with Gasteiger partial charge in [0.25, 0.3) is 0 Å². The number of rotatable bonds is 8. The lowest BCUT2D eigenvalue weighted by Gasteiger charge is -2.21. The average Bonchev–Trinajstić information content (AvgIpc) is 2.76. The average molecular weight is 276 g/mol. The Morgan fingerprint density at radius 1 is 1.41 bits per heavy atom. The number of nitrogens with zero attached hydrogens (tertiary/aromatic N) is 1. The lowest BCUT2D eigenvalue weighted by atomic mass is 10.2. The molecule has 3 nitrogen and oxygen atoms in total. The highest BCUT2D eigenvalue weighted by Gasteiger charge is 2.11. The van der Waals surface area contributed by atoms with Crippen LogP contribution in [0.2, 0.25) is 4.34 Å². The van der Waals surface area contributed by atoms with Crippen molar-refractivity contribution in [2.24, 2.45) is 5.73 Å². The summed E-state index contributed by atoms with van der Waals surface area (Å²) in [5.41, 5.74) is 5.78. The second-order valence-electron chi connectivity index (χ2n) is 3.91. The van der Waals surface area contributed by atoms with Crippen LogP contribution < -0.4 is 11.1 Å². The Kier molecular flexibility index (Phi) is 7.08. The zero-order chi connectivity index (χ0) is 12.7. The highest BCUT2D eigenvalue weighted by molar-refractivity contribution is 7.16. The van der Waals surface area contributed by atoms with E-state index >= 15 is 0 Å². The first-order valence-corrected chi connectivity index (χ1v) is 7.31. The van der Waals surface area contributed by atoms with Crippen LogP contribution in [0, 0.1) is 0 Å². The maximum atomic E-state index is 5.93. The summed E-state index contributed by atoms with van der Waals surface area (Å²) in [6.45, 7) is 9.18. The van der Waals surface area contributed by atoms with Crippen molar-refractivity contribution in [2.75, 3.05) is 32.7 Å². The Hall–Kier alpha value is -0.130. The third-order valence-corrected chi connectivity index (χ3v) is 4.23. The van der Waals surface area contributed by atoms with Crippen molar-refractivity contribution >= 4 is 22.9 Å². The van der Waals surface area contributed by atoms with E-state index in [1.165, 1.54) is 4.88 Å². The SMILES string of the molecule is CCN(CC)CCNC(CN)c1ccc(Cl)s1. The Bertz CT molecular complexity index is 312. The predicted molar refractivity (Wildman–Crippen MR) is 76.9 cm³/mol. The van der Waals surface area contributed by atoms with Crippen LogP contribution in [0.5, 0.6) is 0 Å². The molecule has 0 aliphatic heterocycles. The summed E-state index contributed by atoms with van der Waals surface area (Å²) in [6.07, 6.45) is 0. The minimum atomic E-state index is 0.225. The lowest BCUT2D eigenvalue weighted by Crippen LogP contribution is -2.35. The molecule has 0 aliphatic carbocycles. The number of nitrogens with one attached hydrogen (secondary N) is 1. The maximum absolute atomic E-state index is 5.93. The van der Waals surface area contributed by atoms with E-state index in [4.69, 9.17) is 17.3 Å². The maximum Gasteiger partial charge on any atom is 0.0931 e. The second kappa shape index (κ2) is 8.06. The second-order valence-corrected chi connectivity index (χ2v) is 5.66. The summed E-state index contributed by atoms with van der Waals surface area (Å²) in [5, 5.41) is 3.48. The molecule has 0 aliphatic rings. The van der Waals surface area contributed by atoms with Crippen molar-refractivity contribution in [3.8, 4) is 0 Å². The molecule has 98 valence electrons. The predicted octanol–water partition coefficient (Wildman–Crippen LogP) is 2.33. The molecule has 17 heavy (non-hydrogen) atoms. The third kappa shape index (κ3) is 4.94. The smallest absolute Gasteiger partial charge is 0.0931 e. The summed E-state index contributed by atoms with van der Waals surface area (Å²) in [7, 11) is 0. The van der Waals surface area contributed by atoms with Crippen LogP contribution in [0.1, 0.15) is 24.8 Å². The van der Waals surface area contributed by atoms with E-state index in [0.717, 1.165) is 30.5 Å². The normalized spacial score (nSPS) is 13.2. The highest BCUT2D eigenvalue weighted by Crippen LogP contribution is 2.26. The molecule has 3 N–H and O–H groups in total. The van der Waals surface area contributed by atoms with Crippen LogP contribution in [0.4, 0.5) is 0 Å². The molecule has 1 aromatic heterocycles. The largest absolute Gasteiger partial charge is 0.329 e. The first-order valence-electron chi connectivity index (χ1n) is 6.12. The summed E-state index contributed by atoms with van der Waals surface area (Å²) in [5.74, 6) is 0.